The molecule has 1 spiro atoms. The number of ether oxygens (including phenoxy) is 1. The lowest BCUT2D eigenvalue weighted by Gasteiger charge is -2.36. The van der Waals surface area contributed by atoms with E-state index in [4.69, 9.17) is 4.74 Å². The molecule has 8 heteroatoms. The predicted octanol–water partition coefficient (Wildman–Crippen LogP) is 4.33. The Kier molecular flexibility index (Phi) is 8.90. The van der Waals surface area contributed by atoms with Gasteiger partial charge >= 0.3 is 0 Å². The van der Waals surface area contributed by atoms with E-state index in [-0.39, 0.29) is 23.8 Å². The van der Waals surface area contributed by atoms with E-state index in [9.17, 15) is 14.4 Å². The maximum Gasteiger partial charge on any atom is 0.246 e. The molecule has 0 unspecified atom stereocenters. The quantitative estimate of drug-likeness (QED) is 0.391. The largest absolute Gasteiger partial charge is 0.359 e. The Morgan fingerprint density at radius 2 is 1.80 bits per heavy atom. The second-order valence-electron chi connectivity index (χ2n) is 12.8. The molecule has 0 radical (unpaired) electrons. The van der Waals surface area contributed by atoms with E-state index in [1.54, 1.807) is 4.90 Å². The summed E-state index contributed by atoms with van der Waals surface area (Å²) in [6.07, 6.45) is 8.34. The van der Waals surface area contributed by atoms with Gasteiger partial charge in [0.25, 0.3) is 0 Å². The number of likely N-dealkylation sites (tertiary alicyclic amines) is 1. The molecule has 1 aromatic carbocycles. The Morgan fingerprint density at radius 3 is 2.46 bits per heavy atom. The number of carbonyl (C=O) groups is 3. The van der Waals surface area contributed by atoms with Gasteiger partial charge in [-0.3, -0.25) is 14.4 Å². The highest BCUT2D eigenvalue weighted by Crippen LogP contribution is 2.55. The van der Waals surface area contributed by atoms with Crippen molar-refractivity contribution < 1.29 is 19.1 Å². The molecular weight excluding hydrogens is 516 g/mol. The fraction of sp³-hybridized carbons (Fsp3) is 0.667. The monoisotopic (exact) mass is 564 g/mol. The summed E-state index contributed by atoms with van der Waals surface area (Å²) >= 11 is 0. The molecule has 1 saturated carbocycles. The molecule has 1 aliphatic carbocycles. The SMILES string of the molecule is CCN(CC)CCCN1C(=O)[C@@H]2[C@H](C(=O)Nc3ccc(C(C)C)cc3)[C@@H]3C=C[C@@]2(O3)[C@@H]1C(=O)N[C@@H]1CCCC[C@H]1C. The zero-order valence-electron chi connectivity index (χ0n) is 25.4. The van der Waals surface area contributed by atoms with Crippen LogP contribution in [0.5, 0.6) is 0 Å². The molecule has 3 amide bonds. The van der Waals surface area contributed by atoms with Crippen LogP contribution in [0.2, 0.25) is 0 Å². The van der Waals surface area contributed by atoms with E-state index in [1.165, 1.54) is 12.0 Å². The third-order valence-corrected chi connectivity index (χ3v) is 9.98. The van der Waals surface area contributed by atoms with Crippen molar-refractivity contribution in [3.63, 3.8) is 0 Å². The standard InChI is InChI=1S/C33H48N4O4/c1-6-36(7-2)19-10-20-37-29(31(39)35-25-12-9-8-11-22(25)5)33-18-17-26(41-33)27(28(33)32(37)40)30(38)34-24-15-13-23(14-16-24)21(3)4/h13-18,21-22,25-29H,6-12,19-20H2,1-5H3,(H,34,38)(H,35,39)/t22-,25-,26+,27-,28+,29+,33+/m1/s1. The van der Waals surface area contributed by atoms with Crippen molar-refractivity contribution in [2.24, 2.45) is 17.8 Å². The third-order valence-electron chi connectivity index (χ3n) is 9.98. The van der Waals surface area contributed by atoms with Gasteiger partial charge in [0.15, 0.2) is 0 Å². The minimum absolute atomic E-state index is 0.0924. The zero-order valence-corrected chi connectivity index (χ0v) is 25.4. The van der Waals surface area contributed by atoms with Gasteiger partial charge in [0.2, 0.25) is 17.7 Å². The van der Waals surface area contributed by atoms with Crippen LogP contribution in [0.15, 0.2) is 36.4 Å². The second kappa shape index (κ2) is 12.3. The number of carbonyl (C=O) groups excluding carboxylic acids is 3. The van der Waals surface area contributed by atoms with Crippen molar-refractivity contribution >= 4 is 23.4 Å². The van der Waals surface area contributed by atoms with E-state index >= 15 is 0 Å². The smallest absolute Gasteiger partial charge is 0.246 e. The van der Waals surface area contributed by atoms with Gasteiger partial charge in [-0.25, -0.2) is 0 Å². The van der Waals surface area contributed by atoms with E-state index < -0.39 is 29.6 Å². The van der Waals surface area contributed by atoms with Crippen LogP contribution in [0.1, 0.15) is 78.2 Å². The van der Waals surface area contributed by atoms with Gasteiger partial charge in [-0.1, -0.05) is 71.7 Å². The van der Waals surface area contributed by atoms with Crippen molar-refractivity contribution in [2.75, 3.05) is 31.5 Å². The minimum atomic E-state index is -1.12. The van der Waals surface area contributed by atoms with E-state index in [0.717, 1.165) is 45.3 Å². The van der Waals surface area contributed by atoms with Gasteiger partial charge in [-0.15, -0.1) is 0 Å². The first-order valence-electron chi connectivity index (χ1n) is 15.8. The number of amides is 3. The number of hydrogen-bond donors (Lipinski definition) is 2. The molecule has 7 atom stereocenters. The fourth-order valence-corrected chi connectivity index (χ4v) is 7.48. The highest BCUT2D eigenvalue weighted by Gasteiger charge is 2.72. The summed E-state index contributed by atoms with van der Waals surface area (Å²) in [5.74, 6) is -1.16. The Morgan fingerprint density at radius 1 is 1.10 bits per heavy atom. The Balaban J connectivity index is 1.39. The summed E-state index contributed by atoms with van der Waals surface area (Å²) in [6.45, 7) is 13.9. The van der Waals surface area contributed by atoms with E-state index in [1.807, 2.05) is 36.4 Å². The molecule has 4 aliphatic rings. The first-order chi connectivity index (χ1) is 19.7. The summed E-state index contributed by atoms with van der Waals surface area (Å²) in [7, 11) is 0. The molecule has 0 aromatic heterocycles. The topological polar surface area (TPSA) is 91.0 Å². The van der Waals surface area contributed by atoms with Crippen LogP contribution in [0.4, 0.5) is 5.69 Å². The summed E-state index contributed by atoms with van der Waals surface area (Å²) in [4.78, 5) is 46.0. The third kappa shape index (κ3) is 5.57. The molecular formula is C33H48N4O4. The molecule has 2 saturated heterocycles. The molecule has 3 heterocycles. The van der Waals surface area contributed by atoms with E-state index in [0.29, 0.717) is 24.1 Å². The first-order valence-corrected chi connectivity index (χ1v) is 15.8. The molecule has 224 valence electrons. The molecule has 3 fully saturated rings. The van der Waals surface area contributed by atoms with Gasteiger partial charge in [0.1, 0.15) is 11.6 Å². The fourth-order valence-electron chi connectivity index (χ4n) is 7.48. The number of nitrogens with one attached hydrogen (secondary N) is 2. The van der Waals surface area contributed by atoms with Crippen molar-refractivity contribution in [2.45, 2.75) is 96.4 Å². The molecule has 5 rings (SSSR count). The van der Waals surface area contributed by atoms with Crippen LogP contribution >= 0.6 is 0 Å². The molecule has 2 bridgehead atoms. The van der Waals surface area contributed by atoms with Crippen LogP contribution in [0.25, 0.3) is 0 Å². The number of fused-ring (bicyclic) bond motifs is 1. The zero-order chi connectivity index (χ0) is 29.3. The van der Waals surface area contributed by atoms with Crippen LogP contribution in [0.3, 0.4) is 0 Å². The molecule has 3 aliphatic heterocycles. The lowest BCUT2D eigenvalue weighted by atomic mass is 9.74. The average Bonchev–Trinajstić information content (AvgIpc) is 3.60. The first kappa shape index (κ1) is 29.8. The van der Waals surface area contributed by atoms with Gasteiger partial charge in [-0.05, 0) is 68.4 Å². The van der Waals surface area contributed by atoms with Crippen LogP contribution in [-0.4, -0.2) is 77.5 Å². The average molecular weight is 565 g/mol. The van der Waals surface area contributed by atoms with Crippen molar-refractivity contribution in [3.8, 4) is 0 Å². The normalized spacial score (nSPS) is 32.2. The number of benzene rings is 1. The highest BCUT2D eigenvalue weighted by molar-refractivity contribution is 6.02. The number of rotatable bonds is 11. The molecule has 2 N–H and O–H groups in total. The summed E-state index contributed by atoms with van der Waals surface area (Å²) in [5.41, 5.74) is 0.769. The summed E-state index contributed by atoms with van der Waals surface area (Å²) < 4.78 is 6.52. The maximum absolute atomic E-state index is 14.2. The number of anilines is 1. The second-order valence-corrected chi connectivity index (χ2v) is 12.8. The summed E-state index contributed by atoms with van der Waals surface area (Å²) in [5, 5.41) is 6.35. The van der Waals surface area contributed by atoms with Crippen LogP contribution in [0, 0.1) is 17.8 Å². The highest BCUT2D eigenvalue weighted by atomic mass is 16.5. The van der Waals surface area contributed by atoms with E-state index in [2.05, 4.69) is 50.2 Å². The van der Waals surface area contributed by atoms with Crippen LogP contribution in [-0.2, 0) is 19.1 Å². The van der Waals surface area contributed by atoms with Crippen molar-refractivity contribution in [1.29, 1.82) is 0 Å². The Hall–Kier alpha value is -2.71. The lowest BCUT2D eigenvalue weighted by molar-refractivity contribution is -0.141. The Bertz CT molecular complexity index is 1150. The van der Waals surface area contributed by atoms with Crippen LogP contribution < -0.4 is 10.6 Å². The van der Waals surface area contributed by atoms with Gasteiger partial charge in [0.05, 0.1) is 17.9 Å². The molecule has 1 aromatic rings. The lowest BCUT2D eigenvalue weighted by Crippen LogP contribution is -2.57. The predicted molar refractivity (Wildman–Crippen MR) is 160 cm³/mol. The Labute approximate surface area is 245 Å². The maximum atomic E-state index is 14.2. The summed E-state index contributed by atoms with van der Waals surface area (Å²) in [6, 6.07) is 7.16. The van der Waals surface area contributed by atoms with Crippen molar-refractivity contribution in [3.05, 3.63) is 42.0 Å². The molecule has 8 nitrogen and oxygen atoms in total. The number of nitrogens with zero attached hydrogens (tertiary/aromatic N) is 2. The number of hydrogen-bond acceptors (Lipinski definition) is 5. The van der Waals surface area contributed by atoms with Gasteiger partial charge < -0.3 is 25.2 Å². The van der Waals surface area contributed by atoms with Crippen molar-refractivity contribution in [1.82, 2.24) is 15.1 Å². The minimum Gasteiger partial charge on any atom is -0.359 e. The van der Waals surface area contributed by atoms with Gasteiger partial charge in [-0.2, -0.15) is 0 Å². The van der Waals surface area contributed by atoms with Gasteiger partial charge in [0, 0.05) is 18.3 Å². The molecule has 41 heavy (non-hydrogen) atoms.